The second-order valence-corrected chi connectivity index (χ2v) is 5.17. The summed E-state index contributed by atoms with van der Waals surface area (Å²) in [6.45, 7) is 0.456. The van der Waals surface area contributed by atoms with E-state index in [0.717, 1.165) is 0 Å². The summed E-state index contributed by atoms with van der Waals surface area (Å²) in [6.07, 6.45) is -0.567. The number of nitrogens with one attached hydrogen (secondary N) is 2. The molecule has 3 atom stereocenters. The van der Waals surface area contributed by atoms with Crippen LogP contribution in [0.4, 0.5) is 4.79 Å². The number of benzene rings is 1. The maximum absolute atomic E-state index is 12.6. The van der Waals surface area contributed by atoms with E-state index in [0.29, 0.717) is 18.5 Å². The van der Waals surface area contributed by atoms with Gasteiger partial charge in [-0.1, -0.05) is 30.3 Å². The quantitative estimate of drug-likeness (QED) is 0.687. The van der Waals surface area contributed by atoms with E-state index in [9.17, 15) is 14.4 Å². The first-order valence-corrected chi connectivity index (χ1v) is 6.73. The Morgan fingerprint density at radius 2 is 2.05 bits per heavy atom. The van der Waals surface area contributed by atoms with Crippen LogP contribution in [0.1, 0.15) is 18.0 Å². The van der Waals surface area contributed by atoms with Gasteiger partial charge in [0.1, 0.15) is 12.1 Å². The first kappa shape index (κ1) is 13.4. The van der Waals surface area contributed by atoms with E-state index in [1.165, 1.54) is 4.90 Å². The normalized spacial score (nSPS) is 24.6. The van der Waals surface area contributed by atoms with Gasteiger partial charge in [0.05, 0.1) is 6.04 Å². The van der Waals surface area contributed by atoms with Gasteiger partial charge in [0, 0.05) is 6.54 Å². The van der Waals surface area contributed by atoms with Gasteiger partial charge in [0.25, 0.3) is 5.91 Å². The average Bonchev–Trinajstić information content (AvgIpc) is 2.81. The highest BCUT2D eigenvalue weighted by molar-refractivity contribution is 5.96. The van der Waals surface area contributed by atoms with Gasteiger partial charge in [0.15, 0.2) is 0 Å². The highest BCUT2D eigenvalue weighted by atomic mass is 16.4. The number of fused-ring (bicyclic) bond motifs is 1. The highest BCUT2D eigenvalue weighted by Gasteiger charge is 2.51. The lowest BCUT2D eigenvalue weighted by Gasteiger charge is -2.36. The molecular weight excluding hydrogens is 274 g/mol. The van der Waals surface area contributed by atoms with Gasteiger partial charge >= 0.3 is 6.09 Å². The van der Waals surface area contributed by atoms with Gasteiger partial charge in [0.2, 0.25) is 5.91 Å². The van der Waals surface area contributed by atoms with Crippen molar-refractivity contribution in [3.8, 4) is 0 Å². The van der Waals surface area contributed by atoms with Crippen LogP contribution in [0.3, 0.4) is 0 Å². The third kappa shape index (κ3) is 2.31. The van der Waals surface area contributed by atoms with Gasteiger partial charge in [-0.05, 0) is 12.0 Å². The monoisotopic (exact) mass is 289 g/mol. The minimum Gasteiger partial charge on any atom is -0.465 e. The predicted octanol–water partition coefficient (Wildman–Crippen LogP) is 0.0946. The van der Waals surface area contributed by atoms with Gasteiger partial charge in [-0.15, -0.1) is 0 Å². The summed E-state index contributed by atoms with van der Waals surface area (Å²) in [5.74, 6) is -0.557. The number of carboxylic acid groups (broad SMARTS) is 1. The molecule has 3 amide bonds. The third-order valence-electron chi connectivity index (χ3n) is 3.92. The lowest BCUT2D eigenvalue weighted by molar-refractivity contribution is -0.145. The number of rotatable bonds is 3. The first-order chi connectivity index (χ1) is 10.1. The molecule has 3 rings (SSSR count). The minimum atomic E-state index is -1.27. The van der Waals surface area contributed by atoms with Crippen LogP contribution in [0, 0.1) is 0 Å². The molecule has 1 aromatic rings. The molecule has 1 aromatic carbocycles. The van der Waals surface area contributed by atoms with E-state index in [-0.39, 0.29) is 17.9 Å². The molecule has 0 spiro atoms. The predicted molar refractivity (Wildman–Crippen MR) is 72.4 cm³/mol. The largest absolute Gasteiger partial charge is 0.465 e. The number of hydrogen-bond donors (Lipinski definition) is 3. The summed E-state index contributed by atoms with van der Waals surface area (Å²) in [5.41, 5.74) is 0.563. The Balaban J connectivity index is 1.84. The standard InChI is InChI=1S/C14H15N3O4/c18-12-11-9(15-12)6-7-17(11)13(19)10(16-14(20)21)8-4-2-1-3-5-8/h1-5,9-11,16H,6-7H2,(H,15,18)(H,20,21)/t9-,10-,11+/m1/s1. The molecule has 21 heavy (non-hydrogen) atoms. The van der Waals surface area contributed by atoms with E-state index in [2.05, 4.69) is 10.6 Å². The van der Waals surface area contributed by atoms with Crippen molar-refractivity contribution < 1.29 is 19.5 Å². The van der Waals surface area contributed by atoms with E-state index in [4.69, 9.17) is 5.11 Å². The number of β-lactam (4-membered cyclic amide) rings is 1. The summed E-state index contributed by atoms with van der Waals surface area (Å²) in [7, 11) is 0. The van der Waals surface area contributed by atoms with Gasteiger partial charge in [-0.25, -0.2) is 4.79 Å². The van der Waals surface area contributed by atoms with Crippen LogP contribution in [0.15, 0.2) is 30.3 Å². The fourth-order valence-electron chi connectivity index (χ4n) is 2.91. The molecule has 0 saturated carbocycles. The lowest BCUT2D eigenvalue weighted by atomic mass is 9.99. The molecule has 3 N–H and O–H groups in total. The van der Waals surface area contributed by atoms with Gasteiger partial charge in [-0.3, -0.25) is 9.59 Å². The fourth-order valence-corrected chi connectivity index (χ4v) is 2.91. The number of amides is 3. The molecule has 0 radical (unpaired) electrons. The van der Waals surface area contributed by atoms with Crippen LogP contribution in [0.25, 0.3) is 0 Å². The van der Waals surface area contributed by atoms with Crippen molar-refractivity contribution in [3.05, 3.63) is 35.9 Å². The number of likely N-dealkylation sites (tertiary alicyclic amines) is 1. The van der Waals surface area contributed by atoms with Crippen molar-refractivity contribution in [2.45, 2.75) is 24.5 Å². The van der Waals surface area contributed by atoms with E-state index < -0.39 is 18.2 Å². The third-order valence-corrected chi connectivity index (χ3v) is 3.92. The second kappa shape index (κ2) is 5.08. The van der Waals surface area contributed by atoms with Gasteiger partial charge < -0.3 is 20.6 Å². The first-order valence-electron chi connectivity index (χ1n) is 6.73. The summed E-state index contributed by atoms with van der Waals surface area (Å²) in [6, 6.07) is 7.19. The summed E-state index contributed by atoms with van der Waals surface area (Å²) >= 11 is 0. The van der Waals surface area contributed by atoms with Crippen LogP contribution >= 0.6 is 0 Å². The van der Waals surface area contributed by atoms with Crippen LogP contribution in [0.2, 0.25) is 0 Å². The SMILES string of the molecule is O=C(O)N[C@@H](C(=O)N1CC[C@H]2NC(=O)[C@H]21)c1ccccc1. The second-order valence-electron chi connectivity index (χ2n) is 5.17. The maximum Gasteiger partial charge on any atom is 0.405 e. The molecule has 0 unspecified atom stereocenters. The Hall–Kier alpha value is -2.57. The molecule has 0 aliphatic carbocycles. The summed E-state index contributed by atoms with van der Waals surface area (Å²) < 4.78 is 0. The van der Waals surface area contributed by atoms with Crippen molar-refractivity contribution in [1.29, 1.82) is 0 Å². The smallest absolute Gasteiger partial charge is 0.405 e. The Morgan fingerprint density at radius 1 is 1.33 bits per heavy atom. The molecule has 7 heteroatoms. The summed E-state index contributed by atoms with van der Waals surface area (Å²) in [5, 5.41) is 13.9. The molecule has 0 aromatic heterocycles. The summed E-state index contributed by atoms with van der Waals surface area (Å²) in [4.78, 5) is 36.6. The minimum absolute atomic E-state index is 0.00250. The Morgan fingerprint density at radius 3 is 2.67 bits per heavy atom. The molecule has 110 valence electrons. The molecule has 2 aliphatic heterocycles. The van der Waals surface area contributed by atoms with Crippen LogP contribution in [0.5, 0.6) is 0 Å². The van der Waals surface area contributed by atoms with Crippen molar-refractivity contribution in [1.82, 2.24) is 15.5 Å². The van der Waals surface area contributed by atoms with Crippen molar-refractivity contribution in [2.24, 2.45) is 0 Å². The molecule has 7 nitrogen and oxygen atoms in total. The topological polar surface area (TPSA) is 98.7 Å². The number of carbonyl (C=O) groups is 3. The van der Waals surface area contributed by atoms with Gasteiger partial charge in [-0.2, -0.15) is 0 Å². The zero-order chi connectivity index (χ0) is 15.0. The van der Waals surface area contributed by atoms with E-state index >= 15 is 0 Å². The lowest BCUT2D eigenvalue weighted by Crippen LogP contribution is -2.65. The van der Waals surface area contributed by atoms with Crippen molar-refractivity contribution in [3.63, 3.8) is 0 Å². The fraction of sp³-hybridized carbons (Fsp3) is 0.357. The number of nitrogens with zero attached hydrogens (tertiary/aromatic N) is 1. The van der Waals surface area contributed by atoms with Crippen LogP contribution < -0.4 is 10.6 Å². The van der Waals surface area contributed by atoms with E-state index in [1.54, 1.807) is 30.3 Å². The highest BCUT2D eigenvalue weighted by Crippen LogP contribution is 2.28. The molecule has 2 saturated heterocycles. The number of carbonyl (C=O) groups excluding carboxylic acids is 2. The molecular formula is C14H15N3O4. The Labute approximate surface area is 120 Å². The van der Waals surface area contributed by atoms with Crippen molar-refractivity contribution in [2.75, 3.05) is 6.54 Å². The van der Waals surface area contributed by atoms with Crippen LogP contribution in [-0.2, 0) is 9.59 Å². The Bertz CT molecular complexity index is 589. The molecule has 2 fully saturated rings. The Kier molecular flexibility index (Phi) is 3.25. The van der Waals surface area contributed by atoms with Crippen molar-refractivity contribution >= 4 is 17.9 Å². The zero-order valence-electron chi connectivity index (χ0n) is 11.2. The molecule has 2 heterocycles. The molecule has 0 bridgehead atoms. The van der Waals surface area contributed by atoms with Crippen LogP contribution in [-0.4, -0.2) is 46.5 Å². The maximum atomic E-state index is 12.6. The average molecular weight is 289 g/mol. The van der Waals surface area contributed by atoms with E-state index in [1.807, 2.05) is 0 Å². The number of hydrogen-bond acceptors (Lipinski definition) is 3. The zero-order valence-corrected chi connectivity index (χ0v) is 11.2. The molecule has 2 aliphatic rings.